The third kappa shape index (κ3) is 4.26. The van der Waals surface area contributed by atoms with Gasteiger partial charge in [-0.2, -0.15) is 0 Å². The maximum atomic E-state index is 11.0. The number of nitrogens with one attached hydrogen (secondary N) is 1. The predicted molar refractivity (Wildman–Crippen MR) is 81.0 cm³/mol. The van der Waals surface area contributed by atoms with Crippen molar-refractivity contribution >= 4 is 17.3 Å². The predicted octanol–water partition coefficient (Wildman–Crippen LogP) is 3.03. The van der Waals surface area contributed by atoms with Crippen LogP contribution in [-0.2, 0) is 19.7 Å². The van der Waals surface area contributed by atoms with Gasteiger partial charge in [0.2, 0.25) is 0 Å². The minimum atomic E-state index is -0.435. The van der Waals surface area contributed by atoms with Gasteiger partial charge in [-0.15, -0.1) is 0 Å². The minimum Gasteiger partial charge on any atom is -0.392 e. The smallest absolute Gasteiger partial charge is 0.275 e. The molecule has 0 aliphatic heterocycles. The average Bonchev–Trinajstić information content (AvgIpc) is 2.48. The van der Waals surface area contributed by atoms with Crippen LogP contribution in [0, 0.1) is 10.1 Å². The molecule has 0 heterocycles. The number of nitrogens with zero attached hydrogens (tertiary/aromatic N) is 1. The lowest BCUT2D eigenvalue weighted by Gasteiger charge is -2.07. The molecule has 0 aliphatic rings. The van der Waals surface area contributed by atoms with Crippen LogP contribution < -0.4 is 5.32 Å². The lowest BCUT2D eigenvalue weighted by Crippen LogP contribution is -2.14. The summed E-state index contributed by atoms with van der Waals surface area (Å²) in [5.74, 6) is 0. The molecule has 0 unspecified atom stereocenters. The van der Waals surface area contributed by atoms with E-state index in [1.165, 1.54) is 6.07 Å². The molecular formula is C15H15ClN2O3. The van der Waals surface area contributed by atoms with Crippen molar-refractivity contribution < 1.29 is 10.0 Å². The van der Waals surface area contributed by atoms with Crippen LogP contribution in [0.4, 0.5) is 5.69 Å². The van der Waals surface area contributed by atoms with E-state index in [0.717, 1.165) is 11.1 Å². The molecule has 0 aliphatic carbocycles. The van der Waals surface area contributed by atoms with Gasteiger partial charge in [0.05, 0.1) is 11.5 Å². The van der Waals surface area contributed by atoms with Gasteiger partial charge in [0.1, 0.15) is 0 Å². The molecule has 2 aromatic carbocycles. The number of hydrogen-bond acceptors (Lipinski definition) is 4. The number of aliphatic hydroxyl groups is 1. The average molecular weight is 307 g/mol. The van der Waals surface area contributed by atoms with Gasteiger partial charge in [0, 0.05) is 29.7 Å². The Morgan fingerprint density at radius 3 is 2.62 bits per heavy atom. The number of halogens is 1. The fourth-order valence-electron chi connectivity index (χ4n) is 2.04. The van der Waals surface area contributed by atoms with Crippen molar-refractivity contribution in [2.24, 2.45) is 0 Å². The molecule has 0 aromatic heterocycles. The lowest BCUT2D eigenvalue weighted by atomic mass is 10.1. The minimum absolute atomic E-state index is 0.00348. The Labute approximate surface area is 127 Å². The maximum Gasteiger partial charge on any atom is 0.275 e. The number of aliphatic hydroxyl groups excluding tert-OH is 1. The zero-order chi connectivity index (χ0) is 15.2. The molecule has 2 N–H and O–H groups in total. The van der Waals surface area contributed by atoms with Crippen molar-refractivity contribution in [1.82, 2.24) is 5.32 Å². The summed E-state index contributed by atoms with van der Waals surface area (Å²) < 4.78 is 0. The summed E-state index contributed by atoms with van der Waals surface area (Å²) in [6.07, 6.45) is 0. The summed E-state index contributed by atoms with van der Waals surface area (Å²) >= 11 is 5.78. The van der Waals surface area contributed by atoms with Crippen LogP contribution in [0.1, 0.15) is 16.7 Å². The van der Waals surface area contributed by atoms with Gasteiger partial charge in [0.15, 0.2) is 0 Å². The normalized spacial score (nSPS) is 10.6. The van der Waals surface area contributed by atoms with E-state index in [-0.39, 0.29) is 12.3 Å². The van der Waals surface area contributed by atoms with E-state index in [2.05, 4.69) is 5.32 Å². The van der Waals surface area contributed by atoms with E-state index in [0.29, 0.717) is 23.7 Å². The van der Waals surface area contributed by atoms with Crippen molar-refractivity contribution in [3.05, 3.63) is 74.3 Å². The van der Waals surface area contributed by atoms with Gasteiger partial charge in [-0.3, -0.25) is 10.1 Å². The molecule has 0 bridgehead atoms. The zero-order valence-electron chi connectivity index (χ0n) is 11.3. The molecule has 2 aromatic rings. The topological polar surface area (TPSA) is 75.4 Å². The molecule has 0 saturated carbocycles. The van der Waals surface area contributed by atoms with Crippen LogP contribution in [0.3, 0.4) is 0 Å². The van der Waals surface area contributed by atoms with E-state index in [4.69, 9.17) is 16.7 Å². The van der Waals surface area contributed by atoms with Crippen LogP contribution in [0.15, 0.2) is 42.5 Å². The van der Waals surface area contributed by atoms with Gasteiger partial charge >= 0.3 is 0 Å². The Morgan fingerprint density at radius 1 is 1.14 bits per heavy atom. The molecule has 2 rings (SSSR count). The van der Waals surface area contributed by atoms with Crippen molar-refractivity contribution in [2.45, 2.75) is 19.7 Å². The van der Waals surface area contributed by atoms with E-state index in [1.807, 2.05) is 24.3 Å². The van der Waals surface area contributed by atoms with Gasteiger partial charge in [0.25, 0.3) is 5.69 Å². The van der Waals surface area contributed by atoms with E-state index >= 15 is 0 Å². The first-order chi connectivity index (χ1) is 10.1. The standard InChI is InChI=1S/C15H15ClN2O3/c16-14-5-4-13(15(7-14)18(20)21)9-17-8-11-2-1-3-12(6-11)10-19/h1-7,17,19H,8-10H2. The summed E-state index contributed by atoms with van der Waals surface area (Å²) in [7, 11) is 0. The Kier molecular flexibility index (Phi) is 5.27. The van der Waals surface area contributed by atoms with Crippen LogP contribution in [0.25, 0.3) is 0 Å². The first-order valence-electron chi connectivity index (χ1n) is 6.42. The Bertz CT molecular complexity index is 647. The first-order valence-corrected chi connectivity index (χ1v) is 6.80. The molecule has 21 heavy (non-hydrogen) atoms. The van der Waals surface area contributed by atoms with Crippen LogP contribution in [-0.4, -0.2) is 10.0 Å². The first kappa shape index (κ1) is 15.4. The second-order valence-corrected chi connectivity index (χ2v) is 5.05. The highest BCUT2D eigenvalue weighted by atomic mass is 35.5. The van der Waals surface area contributed by atoms with Crippen molar-refractivity contribution in [3.8, 4) is 0 Å². The molecule has 0 fully saturated rings. The number of nitro benzene ring substituents is 1. The molecule has 6 heteroatoms. The third-order valence-electron chi connectivity index (χ3n) is 3.06. The summed E-state index contributed by atoms with van der Waals surface area (Å²) in [6, 6.07) is 12.2. The summed E-state index contributed by atoms with van der Waals surface area (Å²) in [4.78, 5) is 10.5. The van der Waals surface area contributed by atoms with Crippen molar-refractivity contribution in [1.29, 1.82) is 0 Å². The molecule has 5 nitrogen and oxygen atoms in total. The number of rotatable bonds is 6. The van der Waals surface area contributed by atoms with Gasteiger partial charge in [-0.25, -0.2) is 0 Å². The van der Waals surface area contributed by atoms with Crippen LogP contribution >= 0.6 is 11.6 Å². The molecule has 0 atom stereocenters. The van der Waals surface area contributed by atoms with Crippen molar-refractivity contribution in [2.75, 3.05) is 0 Å². The maximum absolute atomic E-state index is 11.0. The van der Waals surface area contributed by atoms with Crippen LogP contribution in [0.2, 0.25) is 5.02 Å². The summed E-state index contributed by atoms with van der Waals surface area (Å²) in [5, 5.41) is 23.6. The van der Waals surface area contributed by atoms with E-state index in [1.54, 1.807) is 12.1 Å². The zero-order valence-corrected chi connectivity index (χ0v) is 12.0. The largest absolute Gasteiger partial charge is 0.392 e. The molecule has 0 amide bonds. The highest BCUT2D eigenvalue weighted by Crippen LogP contribution is 2.23. The SMILES string of the molecule is O=[N+]([O-])c1cc(Cl)ccc1CNCc1cccc(CO)c1. The van der Waals surface area contributed by atoms with Gasteiger partial charge in [-0.05, 0) is 23.3 Å². The molecule has 110 valence electrons. The highest BCUT2D eigenvalue weighted by molar-refractivity contribution is 6.30. The monoisotopic (exact) mass is 306 g/mol. The quantitative estimate of drug-likeness (QED) is 0.635. The van der Waals surface area contributed by atoms with E-state index < -0.39 is 4.92 Å². The Balaban J connectivity index is 2.01. The fraction of sp³-hybridized carbons (Fsp3) is 0.200. The molecule has 0 radical (unpaired) electrons. The number of nitro groups is 1. The van der Waals surface area contributed by atoms with Crippen molar-refractivity contribution in [3.63, 3.8) is 0 Å². The third-order valence-corrected chi connectivity index (χ3v) is 3.30. The fourth-order valence-corrected chi connectivity index (χ4v) is 2.20. The second kappa shape index (κ2) is 7.17. The van der Waals surface area contributed by atoms with Gasteiger partial charge in [-0.1, -0.05) is 35.9 Å². The second-order valence-electron chi connectivity index (χ2n) is 4.61. The molecular weight excluding hydrogens is 292 g/mol. The van der Waals surface area contributed by atoms with Gasteiger partial charge < -0.3 is 10.4 Å². The Hall–Kier alpha value is -1.95. The Morgan fingerprint density at radius 2 is 1.90 bits per heavy atom. The number of hydrogen-bond donors (Lipinski definition) is 2. The summed E-state index contributed by atoms with van der Waals surface area (Å²) in [6.45, 7) is 0.931. The number of benzene rings is 2. The highest BCUT2D eigenvalue weighted by Gasteiger charge is 2.13. The van der Waals surface area contributed by atoms with Crippen LogP contribution in [0.5, 0.6) is 0 Å². The molecule has 0 spiro atoms. The lowest BCUT2D eigenvalue weighted by molar-refractivity contribution is -0.385. The van der Waals surface area contributed by atoms with E-state index in [9.17, 15) is 10.1 Å². The summed E-state index contributed by atoms with van der Waals surface area (Å²) in [5.41, 5.74) is 2.45. The molecule has 0 saturated heterocycles.